The summed E-state index contributed by atoms with van der Waals surface area (Å²) in [6, 6.07) is 21.7. The molecule has 0 N–H and O–H groups in total. The fourth-order valence-electron chi connectivity index (χ4n) is 3.87. The van der Waals surface area contributed by atoms with Crippen LogP contribution in [0.1, 0.15) is 50.7 Å². The minimum Gasteiger partial charge on any atom is -0.201 e. The van der Waals surface area contributed by atoms with Gasteiger partial charge < -0.3 is 0 Å². The first-order chi connectivity index (χ1) is 13.1. The van der Waals surface area contributed by atoms with Crippen LogP contribution in [0.5, 0.6) is 0 Å². The zero-order valence-electron chi connectivity index (χ0n) is 16.6. The van der Waals surface area contributed by atoms with Crippen molar-refractivity contribution in [2.24, 2.45) is 0 Å². The van der Waals surface area contributed by atoms with Gasteiger partial charge in [0.05, 0.1) is 0 Å². The first-order valence-electron chi connectivity index (χ1n) is 9.77. The fraction of sp³-hybridized carbons (Fsp3) is 0.240. The minimum atomic E-state index is 0.479. The SMILES string of the molecule is CC(C)c1cccc(C(C)C)c1-[n+]1ccn(-c2cccc3ccccc23)c1. The van der Waals surface area contributed by atoms with E-state index >= 15 is 0 Å². The highest BCUT2D eigenvalue weighted by Gasteiger charge is 2.20. The van der Waals surface area contributed by atoms with E-state index in [9.17, 15) is 0 Å². The molecule has 136 valence electrons. The molecule has 3 aromatic carbocycles. The molecule has 0 aliphatic heterocycles. The second-order valence-electron chi connectivity index (χ2n) is 7.82. The molecule has 0 amide bonds. The van der Waals surface area contributed by atoms with Crippen LogP contribution in [0, 0.1) is 0 Å². The van der Waals surface area contributed by atoms with Gasteiger partial charge in [-0.3, -0.25) is 0 Å². The fourth-order valence-corrected chi connectivity index (χ4v) is 3.87. The van der Waals surface area contributed by atoms with Gasteiger partial charge >= 0.3 is 0 Å². The summed E-state index contributed by atoms with van der Waals surface area (Å²) in [6.07, 6.45) is 6.53. The molecular formula is C25H27N2+. The maximum atomic E-state index is 2.28. The molecule has 0 spiro atoms. The number of nitrogens with zero attached hydrogens (tertiary/aromatic N) is 2. The lowest BCUT2D eigenvalue weighted by Crippen LogP contribution is -2.31. The number of para-hydroxylation sites is 1. The number of hydrogen-bond donors (Lipinski definition) is 0. The van der Waals surface area contributed by atoms with Crippen LogP contribution in [0.4, 0.5) is 0 Å². The highest BCUT2D eigenvalue weighted by atomic mass is 15.1. The highest BCUT2D eigenvalue weighted by Crippen LogP contribution is 2.28. The Morgan fingerprint density at radius 2 is 1.37 bits per heavy atom. The quantitative estimate of drug-likeness (QED) is 0.388. The van der Waals surface area contributed by atoms with E-state index in [0.29, 0.717) is 11.8 Å². The monoisotopic (exact) mass is 355 g/mol. The molecule has 0 bridgehead atoms. The van der Waals surface area contributed by atoms with Crippen LogP contribution >= 0.6 is 0 Å². The van der Waals surface area contributed by atoms with Gasteiger partial charge in [0.1, 0.15) is 23.8 Å². The summed E-state index contributed by atoms with van der Waals surface area (Å²) in [6.45, 7) is 9.08. The molecule has 1 heterocycles. The number of aromatic nitrogens is 2. The number of rotatable bonds is 4. The molecule has 0 atom stereocenters. The van der Waals surface area contributed by atoms with Crippen molar-refractivity contribution < 1.29 is 4.57 Å². The average molecular weight is 356 g/mol. The minimum absolute atomic E-state index is 0.479. The predicted octanol–water partition coefficient (Wildman–Crippen LogP) is 6.15. The summed E-state index contributed by atoms with van der Waals surface area (Å²) in [5.41, 5.74) is 5.31. The molecule has 0 saturated heterocycles. The molecule has 0 unspecified atom stereocenters. The van der Waals surface area contributed by atoms with Crippen LogP contribution in [-0.2, 0) is 0 Å². The maximum Gasteiger partial charge on any atom is 0.254 e. The third-order valence-electron chi connectivity index (χ3n) is 5.28. The van der Waals surface area contributed by atoms with E-state index in [-0.39, 0.29) is 0 Å². The molecule has 27 heavy (non-hydrogen) atoms. The molecule has 2 heteroatoms. The van der Waals surface area contributed by atoms with Crippen LogP contribution < -0.4 is 4.57 Å². The molecule has 0 aliphatic carbocycles. The number of benzene rings is 3. The maximum absolute atomic E-state index is 2.28. The Bertz CT molecular complexity index is 1050. The van der Waals surface area contributed by atoms with Crippen molar-refractivity contribution in [1.29, 1.82) is 0 Å². The third kappa shape index (κ3) is 3.16. The molecule has 0 saturated carbocycles. The summed E-state index contributed by atoms with van der Waals surface area (Å²) in [7, 11) is 0. The van der Waals surface area contributed by atoms with Crippen molar-refractivity contribution in [1.82, 2.24) is 4.57 Å². The van der Waals surface area contributed by atoms with E-state index in [0.717, 1.165) is 0 Å². The molecule has 2 nitrogen and oxygen atoms in total. The van der Waals surface area contributed by atoms with Crippen molar-refractivity contribution in [2.75, 3.05) is 0 Å². The van der Waals surface area contributed by atoms with Crippen LogP contribution in [0.15, 0.2) is 79.4 Å². The van der Waals surface area contributed by atoms with Gasteiger partial charge in [0.2, 0.25) is 0 Å². The molecule has 1 aromatic heterocycles. The zero-order chi connectivity index (χ0) is 19.0. The lowest BCUT2D eigenvalue weighted by molar-refractivity contribution is -0.596. The molecule has 0 radical (unpaired) electrons. The lowest BCUT2D eigenvalue weighted by atomic mass is 9.92. The van der Waals surface area contributed by atoms with Gasteiger partial charge in [-0.1, -0.05) is 82.3 Å². The Kier molecular flexibility index (Phi) is 4.57. The van der Waals surface area contributed by atoms with Crippen LogP contribution in [0.25, 0.3) is 22.1 Å². The van der Waals surface area contributed by atoms with Crippen molar-refractivity contribution in [2.45, 2.75) is 39.5 Å². The summed E-state index contributed by atoms with van der Waals surface area (Å²) in [4.78, 5) is 0. The van der Waals surface area contributed by atoms with Gasteiger partial charge in [0, 0.05) is 16.5 Å². The first kappa shape index (κ1) is 17.5. The summed E-state index contributed by atoms with van der Waals surface area (Å²) < 4.78 is 4.51. The molecule has 0 aliphatic rings. The van der Waals surface area contributed by atoms with E-state index in [1.807, 2.05) is 0 Å². The third-order valence-corrected chi connectivity index (χ3v) is 5.28. The average Bonchev–Trinajstić information content (AvgIpc) is 3.16. The Labute approximate surface area is 161 Å². The largest absolute Gasteiger partial charge is 0.254 e. The lowest BCUT2D eigenvalue weighted by Gasteiger charge is -2.16. The summed E-state index contributed by atoms with van der Waals surface area (Å²) in [5.74, 6) is 0.958. The standard InChI is InChI=1S/C25H27N2/c1-18(2)21-12-8-13-22(19(3)4)25(21)27-16-15-26(17-27)24-14-7-10-20-9-5-6-11-23(20)24/h5-19H,1-4H3/q+1. The Morgan fingerprint density at radius 1 is 0.741 bits per heavy atom. The van der Waals surface area contributed by atoms with E-state index in [1.54, 1.807) is 0 Å². The van der Waals surface area contributed by atoms with Crippen LogP contribution in [-0.4, -0.2) is 4.57 Å². The van der Waals surface area contributed by atoms with Gasteiger partial charge in [-0.2, -0.15) is 0 Å². The number of fused-ring (bicyclic) bond motifs is 1. The molecular weight excluding hydrogens is 328 g/mol. The van der Waals surface area contributed by atoms with E-state index in [1.165, 1.54) is 33.3 Å². The van der Waals surface area contributed by atoms with Crippen molar-refractivity contribution in [3.05, 3.63) is 90.5 Å². The number of imidazole rings is 1. The second kappa shape index (κ2) is 7.03. The topological polar surface area (TPSA) is 8.81 Å². The summed E-state index contributed by atoms with van der Waals surface area (Å²) >= 11 is 0. The van der Waals surface area contributed by atoms with Gasteiger partial charge in [-0.05, 0) is 23.3 Å². The van der Waals surface area contributed by atoms with E-state index < -0.39 is 0 Å². The normalized spacial score (nSPS) is 11.6. The van der Waals surface area contributed by atoms with Crippen molar-refractivity contribution in [3.8, 4) is 11.4 Å². The first-order valence-corrected chi connectivity index (χ1v) is 9.77. The molecule has 4 aromatic rings. The highest BCUT2D eigenvalue weighted by molar-refractivity contribution is 5.90. The van der Waals surface area contributed by atoms with Gasteiger partial charge in [0.15, 0.2) is 0 Å². The van der Waals surface area contributed by atoms with Crippen molar-refractivity contribution in [3.63, 3.8) is 0 Å². The smallest absolute Gasteiger partial charge is 0.201 e. The molecule has 0 fully saturated rings. The Hall–Kier alpha value is -2.87. The van der Waals surface area contributed by atoms with Gasteiger partial charge in [-0.25, -0.2) is 9.13 Å². The number of hydrogen-bond acceptors (Lipinski definition) is 0. The van der Waals surface area contributed by atoms with E-state index in [4.69, 9.17) is 0 Å². The Balaban J connectivity index is 1.89. The van der Waals surface area contributed by atoms with E-state index in [2.05, 4.69) is 116 Å². The van der Waals surface area contributed by atoms with Crippen molar-refractivity contribution >= 4 is 10.8 Å². The van der Waals surface area contributed by atoms with Gasteiger partial charge in [-0.15, -0.1) is 0 Å². The zero-order valence-corrected chi connectivity index (χ0v) is 16.6. The van der Waals surface area contributed by atoms with Gasteiger partial charge in [0.25, 0.3) is 6.33 Å². The second-order valence-corrected chi connectivity index (χ2v) is 7.82. The predicted molar refractivity (Wildman–Crippen MR) is 113 cm³/mol. The molecule has 4 rings (SSSR count). The van der Waals surface area contributed by atoms with Crippen LogP contribution in [0.2, 0.25) is 0 Å². The van der Waals surface area contributed by atoms with Crippen LogP contribution in [0.3, 0.4) is 0 Å². The summed E-state index contributed by atoms with van der Waals surface area (Å²) in [5, 5.41) is 2.53. The Morgan fingerprint density at radius 3 is 2.07 bits per heavy atom.